The van der Waals surface area contributed by atoms with Crippen molar-refractivity contribution < 1.29 is 8.42 Å². The number of rotatable bonds is 3. The second-order valence-corrected chi connectivity index (χ2v) is 6.60. The minimum atomic E-state index is -3.63. The van der Waals surface area contributed by atoms with Gasteiger partial charge in [0.2, 0.25) is 0 Å². The number of aromatic nitrogens is 1. The van der Waals surface area contributed by atoms with Crippen LogP contribution in [0.1, 0.15) is 11.1 Å². The molecule has 1 aromatic carbocycles. The van der Waals surface area contributed by atoms with Gasteiger partial charge < -0.3 is 5.73 Å². The molecule has 0 aliphatic carbocycles. The van der Waals surface area contributed by atoms with Crippen LogP contribution in [0.2, 0.25) is 0 Å². The van der Waals surface area contributed by atoms with E-state index >= 15 is 0 Å². The largest absolute Gasteiger partial charge is 0.398 e. The molecule has 0 radical (unpaired) electrons. The van der Waals surface area contributed by atoms with Crippen molar-refractivity contribution in [2.75, 3.05) is 17.1 Å². The minimum absolute atomic E-state index is 0.192. The molecular formula is C14H17N3O2S. The molecule has 0 saturated heterocycles. The van der Waals surface area contributed by atoms with E-state index in [0.29, 0.717) is 11.4 Å². The molecule has 2 rings (SSSR count). The number of nitrogens with two attached hydrogens (primary N) is 1. The van der Waals surface area contributed by atoms with Gasteiger partial charge in [-0.2, -0.15) is 0 Å². The van der Waals surface area contributed by atoms with Crippen LogP contribution in [0.5, 0.6) is 0 Å². The molecule has 0 fully saturated rings. The van der Waals surface area contributed by atoms with E-state index in [4.69, 9.17) is 5.73 Å². The summed E-state index contributed by atoms with van der Waals surface area (Å²) in [5, 5.41) is 0. The highest BCUT2D eigenvalue weighted by atomic mass is 32.2. The monoisotopic (exact) mass is 291 g/mol. The van der Waals surface area contributed by atoms with Crippen LogP contribution >= 0.6 is 0 Å². The molecule has 0 aliphatic rings. The van der Waals surface area contributed by atoms with Gasteiger partial charge in [-0.25, -0.2) is 8.42 Å². The van der Waals surface area contributed by atoms with Crippen LogP contribution in [-0.2, 0) is 10.0 Å². The van der Waals surface area contributed by atoms with Gasteiger partial charge in [0.25, 0.3) is 10.0 Å². The number of nitrogen functional groups attached to an aromatic ring is 1. The summed E-state index contributed by atoms with van der Waals surface area (Å²) in [7, 11) is -2.12. The number of anilines is 2. The Morgan fingerprint density at radius 2 is 1.75 bits per heavy atom. The summed E-state index contributed by atoms with van der Waals surface area (Å²) in [5.74, 6) is 0. The molecule has 0 atom stereocenters. The zero-order valence-electron chi connectivity index (χ0n) is 11.7. The van der Waals surface area contributed by atoms with Crippen molar-refractivity contribution >= 4 is 21.4 Å². The SMILES string of the molecule is Cc1cc(S(=O)(=O)N(C)c2ccncc2)cc(N)c1C. The average Bonchev–Trinajstić information content (AvgIpc) is 2.44. The highest BCUT2D eigenvalue weighted by Crippen LogP contribution is 2.26. The molecule has 0 bridgehead atoms. The van der Waals surface area contributed by atoms with Crippen molar-refractivity contribution in [3.63, 3.8) is 0 Å². The molecule has 106 valence electrons. The lowest BCUT2D eigenvalue weighted by Crippen LogP contribution is -2.26. The number of hydrogen-bond donors (Lipinski definition) is 1. The van der Waals surface area contributed by atoms with Crippen LogP contribution < -0.4 is 10.0 Å². The summed E-state index contributed by atoms with van der Waals surface area (Å²) in [5.41, 5.74) is 8.65. The summed E-state index contributed by atoms with van der Waals surface area (Å²) < 4.78 is 26.4. The Bertz CT molecular complexity index is 704. The molecule has 0 aliphatic heterocycles. The van der Waals surface area contributed by atoms with Gasteiger partial charge in [0, 0.05) is 25.1 Å². The Balaban J connectivity index is 2.51. The highest BCUT2D eigenvalue weighted by Gasteiger charge is 2.22. The molecular weight excluding hydrogens is 274 g/mol. The predicted molar refractivity (Wildman–Crippen MR) is 80.2 cm³/mol. The van der Waals surface area contributed by atoms with E-state index in [-0.39, 0.29) is 4.90 Å². The smallest absolute Gasteiger partial charge is 0.264 e. The fourth-order valence-electron chi connectivity index (χ4n) is 1.85. The molecule has 5 nitrogen and oxygen atoms in total. The van der Waals surface area contributed by atoms with Crippen LogP contribution in [0, 0.1) is 13.8 Å². The van der Waals surface area contributed by atoms with Gasteiger partial charge in [-0.05, 0) is 49.2 Å². The predicted octanol–water partition coefficient (Wildman–Crippen LogP) is 2.11. The van der Waals surface area contributed by atoms with Crippen molar-refractivity contribution in [3.8, 4) is 0 Å². The standard InChI is InChI=1S/C14H17N3O2S/c1-10-8-13(9-14(15)11(10)2)20(18,19)17(3)12-4-6-16-7-5-12/h4-9H,15H2,1-3H3. The van der Waals surface area contributed by atoms with E-state index in [0.717, 1.165) is 11.1 Å². The van der Waals surface area contributed by atoms with Crippen molar-refractivity contribution in [2.24, 2.45) is 0 Å². The third kappa shape index (κ3) is 2.46. The molecule has 0 saturated carbocycles. The van der Waals surface area contributed by atoms with Gasteiger partial charge in [-0.3, -0.25) is 9.29 Å². The van der Waals surface area contributed by atoms with Crippen LogP contribution in [0.15, 0.2) is 41.6 Å². The Morgan fingerprint density at radius 3 is 2.30 bits per heavy atom. The topological polar surface area (TPSA) is 76.3 Å². The molecule has 20 heavy (non-hydrogen) atoms. The zero-order valence-corrected chi connectivity index (χ0v) is 12.5. The van der Waals surface area contributed by atoms with E-state index in [2.05, 4.69) is 4.98 Å². The van der Waals surface area contributed by atoms with Gasteiger partial charge in [-0.1, -0.05) is 0 Å². The van der Waals surface area contributed by atoms with E-state index in [1.54, 1.807) is 30.6 Å². The summed E-state index contributed by atoms with van der Waals surface area (Å²) in [4.78, 5) is 4.07. The number of hydrogen-bond acceptors (Lipinski definition) is 4. The van der Waals surface area contributed by atoms with Gasteiger partial charge >= 0.3 is 0 Å². The third-order valence-electron chi connectivity index (χ3n) is 3.37. The average molecular weight is 291 g/mol. The first-order valence-electron chi connectivity index (χ1n) is 6.09. The summed E-state index contributed by atoms with van der Waals surface area (Å²) in [6.07, 6.45) is 3.10. The lowest BCUT2D eigenvalue weighted by Gasteiger charge is -2.20. The second kappa shape index (κ2) is 5.13. The van der Waals surface area contributed by atoms with Crippen LogP contribution in [0.4, 0.5) is 11.4 Å². The Labute approximate surface area is 119 Å². The van der Waals surface area contributed by atoms with Crippen LogP contribution in [-0.4, -0.2) is 20.4 Å². The molecule has 2 aromatic rings. The Kier molecular flexibility index (Phi) is 3.67. The van der Waals surface area contributed by atoms with Crippen molar-refractivity contribution in [1.29, 1.82) is 0 Å². The van der Waals surface area contributed by atoms with E-state index in [1.807, 2.05) is 13.8 Å². The first kappa shape index (κ1) is 14.3. The number of benzene rings is 1. The van der Waals surface area contributed by atoms with Crippen LogP contribution in [0.3, 0.4) is 0 Å². The first-order chi connectivity index (χ1) is 9.34. The quantitative estimate of drug-likeness (QED) is 0.879. The summed E-state index contributed by atoms with van der Waals surface area (Å²) >= 11 is 0. The fourth-order valence-corrected chi connectivity index (χ4v) is 3.17. The third-order valence-corrected chi connectivity index (χ3v) is 5.13. The maximum absolute atomic E-state index is 12.6. The summed E-state index contributed by atoms with van der Waals surface area (Å²) in [6.45, 7) is 3.71. The molecule has 1 aromatic heterocycles. The molecule has 0 amide bonds. The molecule has 6 heteroatoms. The number of nitrogens with zero attached hydrogens (tertiary/aromatic N) is 2. The number of pyridine rings is 1. The molecule has 0 unspecified atom stereocenters. The van der Waals surface area contributed by atoms with Crippen molar-refractivity contribution in [2.45, 2.75) is 18.7 Å². The molecule has 2 N–H and O–H groups in total. The molecule has 0 spiro atoms. The second-order valence-electron chi connectivity index (χ2n) is 4.63. The fraction of sp³-hybridized carbons (Fsp3) is 0.214. The first-order valence-corrected chi connectivity index (χ1v) is 7.53. The lowest BCUT2D eigenvalue weighted by atomic mass is 10.1. The maximum atomic E-state index is 12.6. The molecule has 1 heterocycles. The van der Waals surface area contributed by atoms with Crippen molar-refractivity contribution in [1.82, 2.24) is 4.98 Å². The number of aryl methyl sites for hydroxylation is 1. The van der Waals surface area contributed by atoms with E-state index in [9.17, 15) is 8.42 Å². The summed E-state index contributed by atoms with van der Waals surface area (Å²) in [6, 6.07) is 6.41. The lowest BCUT2D eigenvalue weighted by molar-refractivity contribution is 0.594. The van der Waals surface area contributed by atoms with Gasteiger partial charge in [0.1, 0.15) is 0 Å². The van der Waals surface area contributed by atoms with E-state index in [1.165, 1.54) is 17.4 Å². The van der Waals surface area contributed by atoms with Gasteiger partial charge in [0.05, 0.1) is 10.6 Å². The highest BCUT2D eigenvalue weighted by molar-refractivity contribution is 7.92. The van der Waals surface area contributed by atoms with Gasteiger partial charge in [-0.15, -0.1) is 0 Å². The Hall–Kier alpha value is -2.08. The normalized spacial score (nSPS) is 11.3. The van der Waals surface area contributed by atoms with Gasteiger partial charge in [0.15, 0.2) is 0 Å². The zero-order chi connectivity index (χ0) is 14.9. The number of sulfonamides is 1. The van der Waals surface area contributed by atoms with Crippen LogP contribution in [0.25, 0.3) is 0 Å². The maximum Gasteiger partial charge on any atom is 0.264 e. The minimum Gasteiger partial charge on any atom is -0.398 e. The van der Waals surface area contributed by atoms with Crippen molar-refractivity contribution in [3.05, 3.63) is 47.8 Å². The Morgan fingerprint density at radius 1 is 1.15 bits per heavy atom. The van der Waals surface area contributed by atoms with E-state index < -0.39 is 10.0 Å².